The third-order valence-electron chi connectivity index (χ3n) is 5.61. The van der Waals surface area contributed by atoms with Crippen LogP contribution >= 0.6 is 0 Å². The van der Waals surface area contributed by atoms with Gasteiger partial charge in [-0.1, -0.05) is 12.1 Å². The van der Waals surface area contributed by atoms with Crippen LogP contribution < -0.4 is 25.3 Å². The van der Waals surface area contributed by atoms with Crippen molar-refractivity contribution in [1.82, 2.24) is 21.1 Å². The molecule has 0 saturated heterocycles. The lowest BCUT2D eigenvalue weighted by Crippen LogP contribution is -2.38. The van der Waals surface area contributed by atoms with Crippen LogP contribution in [0.2, 0.25) is 0 Å². The van der Waals surface area contributed by atoms with Crippen LogP contribution in [0.4, 0.5) is 43.5 Å². The Balaban J connectivity index is 1.66. The molecule has 0 fully saturated rings. The number of hydrogen-bond acceptors (Lipinski definition) is 9. The number of pyridine rings is 1. The van der Waals surface area contributed by atoms with Crippen LogP contribution in [0.1, 0.15) is 16.8 Å². The van der Waals surface area contributed by atoms with Crippen molar-refractivity contribution in [3.05, 3.63) is 71.4 Å². The summed E-state index contributed by atoms with van der Waals surface area (Å²) in [5.74, 6) is -0.653. The van der Waals surface area contributed by atoms with Crippen molar-refractivity contribution in [1.29, 1.82) is 0 Å². The van der Waals surface area contributed by atoms with E-state index in [1.54, 1.807) is 13.1 Å². The van der Waals surface area contributed by atoms with E-state index in [4.69, 9.17) is 0 Å². The summed E-state index contributed by atoms with van der Waals surface area (Å²) in [5, 5.41) is 8.28. The molecule has 0 radical (unpaired) electrons. The molecule has 0 unspecified atom stereocenters. The smallest absolute Gasteiger partial charge is 0.406 e. The minimum absolute atomic E-state index is 0.0167. The zero-order valence-electron chi connectivity index (χ0n) is 19.6. The maximum absolute atomic E-state index is 13.9. The molecule has 3 heterocycles. The van der Waals surface area contributed by atoms with Crippen LogP contribution in [-0.2, 0) is 22.7 Å². The topological polar surface area (TPSA) is 111 Å². The fourth-order valence-electron chi connectivity index (χ4n) is 3.95. The van der Waals surface area contributed by atoms with Gasteiger partial charge in [0.25, 0.3) is 10.0 Å². The van der Waals surface area contributed by atoms with E-state index in [1.807, 2.05) is 0 Å². The minimum atomic E-state index is -4.98. The monoisotopic (exact) mass is 573 g/mol. The van der Waals surface area contributed by atoms with Gasteiger partial charge in [-0.2, -0.15) is 13.2 Å². The predicted octanol–water partition coefficient (Wildman–Crippen LogP) is 4.07. The van der Waals surface area contributed by atoms with Gasteiger partial charge in [0.1, 0.15) is 17.3 Å². The maximum atomic E-state index is 13.9. The number of hydrazine groups is 2. The number of sulfonamides is 1. The predicted molar refractivity (Wildman–Crippen MR) is 126 cm³/mol. The molecule has 0 saturated carbocycles. The molecule has 1 aromatic heterocycles. The van der Waals surface area contributed by atoms with E-state index in [2.05, 4.69) is 31.1 Å². The number of amidine groups is 1. The number of nitrogens with one attached hydrogen (secondary N) is 3. The zero-order valence-corrected chi connectivity index (χ0v) is 20.4. The van der Waals surface area contributed by atoms with Crippen molar-refractivity contribution in [2.75, 3.05) is 16.7 Å². The first-order valence-electron chi connectivity index (χ1n) is 10.9. The van der Waals surface area contributed by atoms with E-state index in [0.717, 1.165) is 40.7 Å². The van der Waals surface area contributed by atoms with Gasteiger partial charge in [0.2, 0.25) is 0 Å². The standard InChI is InChI=1S/C22H17F6N7O3S/c1-34-32-20(31-33-34)15-3-2-4-16-18(15)35(11-12-5-10-17(21(23,24)25)30-19(12)29-16)39(36,37)14-8-6-13(7-9-14)38-22(26,27)28/h2-10,33H,11H2,1H3,(H,29,30)(H,31,32). The van der Waals surface area contributed by atoms with Gasteiger partial charge in [0, 0.05) is 18.2 Å². The maximum Gasteiger partial charge on any atom is 0.573 e. The largest absolute Gasteiger partial charge is 0.573 e. The van der Waals surface area contributed by atoms with Crippen LogP contribution in [0.5, 0.6) is 5.75 Å². The lowest BCUT2D eigenvalue weighted by molar-refractivity contribution is -0.274. The van der Waals surface area contributed by atoms with E-state index in [9.17, 15) is 34.8 Å². The lowest BCUT2D eigenvalue weighted by Gasteiger charge is -2.27. The number of ether oxygens (including phenoxy) is 1. The van der Waals surface area contributed by atoms with Gasteiger partial charge in [-0.05, 0) is 42.5 Å². The van der Waals surface area contributed by atoms with Crippen molar-refractivity contribution in [3.63, 3.8) is 0 Å². The van der Waals surface area contributed by atoms with Crippen molar-refractivity contribution < 1.29 is 39.5 Å². The Morgan fingerprint density at radius 1 is 0.974 bits per heavy atom. The molecule has 206 valence electrons. The highest BCUT2D eigenvalue weighted by molar-refractivity contribution is 7.92. The SMILES string of the molecule is CN1NN=C(c2cccc3c2N(S(=O)(=O)c2ccc(OC(F)(F)F)cc2)Cc2ccc(C(F)(F)F)nc2N3)N1. The molecule has 0 bridgehead atoms. The number of aromatic nitrogens is 1. The first-order valence-corrected chi connectivity index (χ1v) is 12.4. The lowest BCUT2D eigenvalue weighted by atomic mass is 10.1. The molecule has 0 spiro atoms. The van der Waals surface area contributed by atoms with Crippen molar-refractivity contribution in [3.8, 4) is 5.75 Å². The average Bonchev–Trinajstić information content (AvgIpc) is 3.19. The number of hydrogen-bond donors (Lipinski definition) is 3. The molecule has 5 rings (SSSR count). The van der Waals surface area contributed by atoms with Crippen molar-refractivity contribution in [2.45, 2.75) is 24.0 Å². The van der Waals surface area contributed by atoms with E-state index >= 15 is 0 Å². The highest BCUT2D eigenvalue weighted by atomic mass is 32.2. The number of halogens is 6. The Hall–Kier alpha value is -4.25. The van der Waals surface area contributed by atoms with Gasteiger partial charge >= 0.3 is 12.5 Å². The minimum Gasteiger partial charge on any atom is -0.406 e. The Kier molecular flexibility index (Phi) is 6.21. The summed E-state index contributed by atoms with van der Waals surface area (Å²) in [7, 11) is -2.93. The van der Waals surface area contributed by atoms with Gasteiger partial charge < -0.3 is 10.1 Å². The third-order valence-corrected chi connectivity index (χ3v) is 7.37. The Morgan fingerprint density at radius 3 is 2.31 bits per heavy atom. The Labute approximate surface area is 216 Å². The molecule has 10 nitrogen and oxygen atoms in total. The molecule has 0 aliphatic carbocycles. The van der Waals surface area contributed by atoms with Crippen LogP contribution in [0.25, 0.3) is 0 Å². The van der Waals surface area contributed by atoms with E-state index in [0.29, 0.717) is 0 Å². The Bertz CT molecular complexity index is 1560. The second kappa shape index (κ2) is 9.19. The van der Waals surface area contributed by atoms with Crippen LogP contribution in [0, 0.1) is 0 Å². The second-order valence-electron chi connectivity index (χ2n) is 8.29. The first-order chi connectivity index (χ1) is 18.2. The van der Waals surface area contributed by atoms with E-state index < -0.39 is 45.4 Å². The molecule has 39 heavy (non-hydrogen) atoms. The van der Waals surface area contributed by atoms with E-state index in [1.165, 1.54) is 17.3 Å². The quantitative estimate of drug-likeness (QED) is 0.401. The number of benzene rings is 2. The van der Waals surface area contributed by atoms with Gasteiger partial charge in [0.05, 0.1) is 22.8 Å². The second-order valence-corrected chi connectivity index (χ2v) is 10.2. The normalized spacial score (nSPS) is 15.8. The summed E-state index contributed by atoms with van der Waals surface area (Å²) in [6.07, 6.45) is -9.73. The van der Waals surface area contributed by atoms with Crippen LogP contribution in [0.3, 0.4) is 0 Å². The number of anilines is 3. The zero-order chi connectivity index (χ0) is 28.2. The molecule has 2 aliphatic rings. The molecular weight excluding hydrogens is 556 g/mol. The summed E-state index contributed by atoms with van der Waals surface area (Å²) in [6.45, 7) is -0.461. The molecule has 17 heteroatoms. The number of fused-ring (bicyclic) bond motifs is 2. The fourth-order valence-corrected chi connectivity index (χ4v) is 5.43. The molecule has 0 atom stereocenters. The number of nitrogens with zero attached hydrogens (tertiary/aromatic N) is 4. The first kappa shape index (κ1) is 26.4. The summed E-state index contributed by atoms with van der Waals surface area (Å²) in [4.78, 5) is 3.28. The van der Waals surface area contributed by atoms with E-state index in [-0.39, 0.29) is 34.2 Å². The number of para-hydroxylation sites is 1. The van der Waals surface area contributed by atoms with Crippen LogP contribution in [0.15, 0.2) is 64.6 Å². The fraction of sp³-hybridized carbons (Fsp3) is 0.182. The number of alkyl halides is 6. The summed E-state index contributed by atoms with van der Waals surface area (Å²) >= 11 is 0. The molecule has 3 N–H and O–H groups in total. The summed E-state index contributed by atoms with van der Waals surface area (Å²) in [6, 6.07) is 9.92. The Morgan fingerprint density at radius 2 is 1.69 bits per heavy atom. The molecule has 3 aromatic rings. The highest BCUT2D eigenvalue weighted by Gasteiger charge is 2.37. The molecule has 2 aliphatic heterocycles. The van der Waals surface area contributed by atoms with Crippen LogP contribution in [-0.4, -0.2) is 37.8 Å². The average molecular weight is 573 g/mol. The van der Waals surface area contributed by atoms with Gasteiger partial charge in [0.15, 0.2) is 5.84 Å². The van der Waals surface area contributed by atoms with Crippen molar-refractivity contribution >= 4 is 33.1 Å². The highest BCUT2D eigenvalue weighted by Crippen LogP contribution is 2.42. The van der Waals surface area contributed by atoms with Gasteiger partial charge in [-0.3, -0.25) is 9.73 Å². The van der Waals surface area contributed by atoms with Gasteiger partial charge in [-0.15, -0.1) is 23.4 Å². The molecule has 2 aromatic carbocycles. The van der Waals surface area contributed by atoms with Crippen molar-refractivity contribution in [2.24, 2.45) is 5.10 Å². The number of rotatable bonds is 4. The molecule has 0 amide bonds. The third kappa shape index (κ3) is 5.22. The van der Waals surface area contributed by atoms with Gasteiger partial charge in [-0.25, -0.2) is 18.9 Å². The summed E-state index contributed by atoms with van der Waals surface area (Å²) in [5.41, 5.74) is 4.78. The number of hydrazone groups is 1. The molecular formula is C22H17F6N7O3S. The summed E-state index contributed by atoms with van der Waals surface area (Å²) < 4.78 is 110.